The Bertz CT molecular complexity index is 1480. The second kappa shape index (κ2) is 12.4. The zero-order valence-corrected chi connectivity index (χ0v) is 26.8. The standard InChI is InChI=1S/C33H41N5O4S/c1-20(2)14-24-17-37(32(40)42-33(5,6)7)18-25-19-38(24)30(39)23-12-9-13-26(15-23)43-36-31-34-27(16-28(35-31)41-25)29-21(3)10-8-11-22(29)4/h8-13,15-16,20,24-25H,14,17-19H2,1-7H3,(H,34,35,36)/t24-,25-/m1/s1. The van der Waals surface area contributed by atoms with Crippen molar-refractivity contribution in [2.75, 3.05) is 24.4 Å². The third-order valence-electron chi connectivity index (χ3n) is 7.42. The highest BCUT2D eigenvalue weighted by atomic mass is 32.2. The Kier molecular flexibility index (Phi) is 8.87. The highest BCUT2D eigenvalue weighted by Crippen LogP contribution is 2.32. The Morgan fingerprint density at radius 3 is 2.49 bits per heavy atom. The van der Waals surface area contributed by atoms with Crippen LogP contribution >= 0.6 is 11.9 Å². The maximum atomic E-state index is 14.2. The molecule has 6 bridgehead atoms. The summed E-state index contributed by atoms with van der Waals surface area (Å²) in [4.78, 5) is 41.6. The van der Waals surface area contributed by atoms with Gasteiger partial charge >= 0.3 is 6.09 Å². The van der Waals surface area contributed by atoms with Crippen LogP contribution in [0.3, 0.4) is 0 Å². The van der Waals surface area contributed by atoms with Crippen LogP contribution in [0.15, 0.2) is 53.4 Å². The summed E-state index contributed by atoms with van der Waals surface area (Å²) in [7, 11) is 0. The number of anilines is 1. The third-order valence-corrected chi connectivity index (χ3v) is 8.20. The van der Waals surface area contributed by atoms with Gasteiger partial charge < -0.3 is 19.3 Å². The van der Waals surface area contributed by atoms with Crippen LogP contribution in [0.1, 0.15) is 62.5 Å². The fourth-order valence-electron chi connectivity index (χ4n) is 5.66. The monoisotopic (exact) mass is 603 g/mol. The highest BCUT2D eigenvalue weighted by molar-refractivity contribution is 8.00. The Balaban J connectivity index is 1.62. The van der Waals surface area contributed by atoms with Crippen LogP contribution in [-0.4, -0.2) is 69.1 Å². The van der Waals surface area contributed by atoms with E-state index in [-0.39, 0.29) is 18.5 Å². The van der Waals surface area contributed by atoms with E-state index in [2.05, 4.69) is 44.5 Å². The Hall–Kier alpha value is -3.79. The molecule has 228 valence electrons. The number of nitrogens with zero attached hydrogens (tertiary/aromatic N) is 4. The van der Waals surface area contributed by atoms with Gasteiger partial charge in [-0.3, -0.25) is 9.52 Å². The number of hydrogen-bond donors (Lipinski definition) is 1. The lowest BCUT2D eigenvalue weighted by Crippen LogP contribution is -2.47. The maximum Gasteiger partial charge on any atom is 0.410 e. The van der Waals surface area contributed by atoms with Crippen LogP contribution in [0.2, 0.25) is 0 Å². The van der Waals surface area contributed by atoms with E-state index in [4.69, 9.17) is 19.4 Å². The molecule has 10 heteroatoms. The predicted octanol–water partition coefficient (Wildman–Crippen LogP) is 6.75. The number of fused-ring (bicyclic) bond motifs is 6. The molecule has 2 amide bonds. The summed E-state index contributed by atoms with van der Waals surface area (Å²) < 4.78 is 15.7. The van der Waals surface area contributed by atoms with Crippen molar-refractivity contribution in [2.45, 2.75) is 77.5 Å². The Morgan fingerprint density at radius 1 is 1.07 bits per heavy atom. The lowest BCUT2D eigenvalue weighted by molar-refractivity contribution is 0.0182. The van der Waals surface area contributed by atoms with E-state index in [0.717, 1.165) is 33.7 Å². The molecule has 0 saturated carbocycles. The van der Waals surface area contributed by atoms with Crippen molar-refractivity contribution in [1.82, 2.24) is 19.8 Å². The maximum absolute atomic E-state index is 14.2. The number of ether oxygens (including phenoxy) is 2. The number of hydrogen-bond acceptors (Lipinski definition) is 8. The van der Waals surface area contributed by atoms with E-state index < -0.39 is 17.8 Å². The van der Waals surface area contributed by atoms with Gasteiger partial charge in [0.2, 0.25) is 11.8 Å². The molecule has 0 aliphatic carbocycles. The number of carbonyl (C=O) groups excluding carboxylic acids is 2. The molecule has 1 saturated heterocycles. The van der Waals surface area contributed by atoms with Gasteiger partial charge in [0.15, 0.2) is 0 Å². The van der Waals surface area contributed by atoms with Crippen molar-refractivity contribution in [1.29, 1.82) is 0 Å². The van der Waals surface area contributed by atoms with Crippen molar-refractivity contribution in [2.24, 2.45) is 5.92 Å². The second-order valence-electron chi connectivity index (χ2n) is 12.8. The van der Waals surface area contributed by atoms with Crippen LogP contribution in [0.4, 0.5) is 10.7 Å². The molecule has 3 aromatic rings. The van der Waals surface area contributed by atoms with Crippen molar-refractivity contribution in [3.8, 4) is 17.1 Å². The van der Waals surface area contributed by atoms with Crippen LogP contribution < -0.4 is 9.46 Å². The number of benzene rings is 2. The van der Waals surface area contributed by atoms with E-state index in [1.54, 1.807) is 4.90 Å². The van der Waals surface area contributed by atoms with Crippen LogP contribution in [0.25, 0.3) is 11.3 Å². The minimum Gasteiger partial charge on any atom is -0.470 e. The fourth-order valence-corrected chi connectivity index (χ4v) is 6.29. The van der Waals surface area contributed by atoms with Gasteiger partial charge in [0.25, 0.3) is 5.91 Å². The minimum absolute atomic E-state index is 0.0963. The average molecular weight is 604 g/mol. The van der Waals surface area contributed by atoms with Gasteiger partial charge in [-0.1, -0.05) is 38.1 Å². The summed E-state index contributed by atoms with van der Waals surface area (Å²) in [5.41, 5.74) is 3.84. The van der Waals surface area contributed by atoms with Gasteiger partial charge in [-0.15, -0.1) is 0 Å². The molecule has 5 rings (SSSR count). The smallest absolute Gasteiger partial charge is 0.410 e. The number of aryl methyl sites for hydroxylation is 2. The second-order valence-corrected chi connectivity index (χ2v) is 13.7. The summed E-state index contributed by atoms with van der Waals surface area (Å²) in [5, 5.41) is 0. The van der Waals surface area contributed by atoms with Gasteiger partial charge in [-0.25, -0.2) is 9.78 Å². The van der Waals surface area contributed by atoms with Gasteiger partial charge in [0, 0.05) is 28.6 Å². The molecule has 43 heavy (non-hydrogen) atoms. The topological polar surface area (TPSA) is 96.9 Å². The Morgan fingerprint density at radius 2 is 1.79 bits per heavy atom. The molecule has 2 aromatic carbocycles. The zero-order valence-electron chi connectivity index (χ0n) is 26.0. The summed E-state index contributed by atoms with van der Waals surface area (Å²) in [6.45, 7) is 14.8. The first-order valence-electron chi connectivity index (χ1n) is 14.8. The van der Waals surface area contributed by atoms with Crippen molar-refractivity contribution >= 4 is 29.9 Å². The van der Waals surface area contributed by atoms with Gasteiger partial charge in [0.1, 0.15) is 11.7 Å². The summed E-state index contributed by atoms with van der Waals surface area (Å²) in [6, 6.07) is 15.3. The number of carbonyl (C=O) groups is 2. The van der Waals surface area contributed by atoms with Crippen molar-refractivity contribution < 1.29 is 19.1 Å². The summed E-state index contributed by atoms with van der Waals surface area (Å²) in [5.74, 6) is 0.964. The van der Waals surface area contributed by atoms with E-state index in [0.29, 0.717) is 36.4 Å². The molecule has 1 fully saturated rings. The molecule has 0 spiro atoms. The van der Waals surface area contributed by atoms with Crippen molar-refractivity contribution in [3.63, 3.8) is 0 Å². The first-order valence-corrected chi connectivity index (χ1v) is 15.6. The molecule has 2 aliphatic heterocycles. The number of aromatic nitrogens is 2. The molecule has 9 nitrogen and oxygen atoms in total. The zero-order chi connectivity index (χ0) is 30.9. The first kappa shape index (κ1) is 30.7. The van der Waals surface area contributed by atoms with Crippen LogP contribution in [0, 0.1) is 19.8 Å². The molecule has 1 N–H and O–H groups in total. The quantitative estimate of drug-likeness (QED) is 0.329. The van der Waals surface area contributed by atoms with Crippen molar-refractivity contribution in [3.05, 3.63) is 65.2 Å². The van der Waals surface area contributed by atoms with E-state index in [1.807, 2.05) is 62.1 Å². The molecule has 2 atom stereocenters. The normalized spacial score (nSPS) is 18.9. The van der Waals surface area contributed by atoms with E-state index >= 15 is 0 Å². The van der Waals surface area contributed by atoms with E-state index in [9.17, 15) is 9.59 Å². The Labute approximate surface area is 258 Å². The third kappa shape index (κ3) is 7.41. The summed E-state index contributed by atoms with van der Waals surface area (Å²) >= 11 is 1.35. The lowest BCUT2D eigenvalue weighted by atomic mass is 10.00. The molecular formula is C33H41N5O4S. The van der Waals surface area contributed by atoms with Gasteiger partial charge in [-0.05, 0) is 88.2 Å². The molecule has 0 unspecified atom stereocenters. The first-order chi connectivity index (χ1) is 20.4. The largest absolute Gasteiger partial charge is 0.470 e. The van der Waals surface area contributed by atoms with E-state index in [1.165, 1.54) is 11.9 Å². The van der Waals surface area contributed by atoms with Crippen LogP contribution in [0.5, 0.6) is 5.88 Å². The lowest BCUT2D eigenvalue weighted by Gasteiger charge is -2.33. The fraction of sp³-hybridized carbons (Fsp3) is 0.455. The number of nitrogens with one attached hydrogen (secondary N) is 1. The molecule has 1 aromatic heterocycles. The summed E-state index contributed by atoms with van der Waals surface area (Å²) in [6.07, 6.45) is -0.258. The predicted molar refractivity (Wildman–Crippen MR) is 169 cm³/mol. The van der Waals surface area contributed by atoms with Crippen LogP contribution in [-0.2, 0) is 4.74 Å². The molecule has 2 aliphatic rings. The molecular weight excluding hydrogens is 562 g/mol. The number of amides is 2. The highest BCUT2D eigenvalue weighted by Gasteiger charge is 2.38. The average Bonchev–Trinajstić information content (AvgIpc) is 3.09. The SMILES string of the molecule is Cc1cccc(C)c1-c1cc2nc(n1)NSc1cccc(c1)C(=O)N1C[C@@H](CN(C(=O)OC(C)(C)C)C[C@H]1CC(C)C)O2. The number of rotatable bonds is 3. The van der Waals surface area contributed by atoms with Gasteiger partial charge in [-0.2, -0.15) is 4.98 Å². The molecule has 0 radical (unpaired) electrons. The minimum atomic E-state index is -0.661. The van der Waals surface area contributed by atoms with Gasteiger partial charge in [0.05, 0.1) is 24.8 Å². The molecule has 3 heterocycles.